The molecular weight excluding hydrogens is 588 g/mol. The molecule has 1 fully saturated rings. The molecule has 0 bridgehead atoms. The second-order valence-electron chi connectivity index (χ2n) is 11.3. The molecule has 1 aliphatic heterocycles. The molecule has 1 saturated heterocycles. The second kappa shape index (κ2) is 16.1. The van der Waals surface area contributed by atoms with Crippen LogP contribution in [0.15, 0.2) is 73.5 Å². The lowest BCUT2D eigenvalue weighted by atomic mass is 10.1. The van der Waals surface area contributed by atoms with E-state index in [0.29, 0.717) is 11.6 Å². The normalized spacial score (nSPS) is 13.5. The summed E-state index contributed by atoms with van der Waals surface area (Å²) in [6.07, 6.45) is 12.3. The number of H-pyrrole nitrogens is 2. The first-order chi connectivity index (χ1) is 22.9. The fourth-order valence-electron chi connectivity index (χ4n) is 4.79. The van der Waals surface area contributed by atoms with Gasteiger partial charge in [0.15, 0.2) is 23.3 Å². The molecule has 12 nitrogen and oxygen atoms in total. The quantitative estimate of drug-likeness (QED) is 0.132. The van der Waals surface area contributed by atoms with Crippen LogP contribution in [-0.2, 0) is 6.42 Å². The number of nitrogens with zero attached hydrogens (tertiary/aromatic N) is 8. The molecule has 242 valence electrons. The molecule has 5 heterocycles. The van der Waals surface area contributed by atoms with E-state index in [-0.39, 0.29) is 0 Å². The Balaban J connectivity index is 0.000000227. The van der Waals surface area contributed by atoms with Crippen LogP contribution in [0.3, 0.4) is 0 Å². The Kier molecular flexibility index (Phi) is 11.2. The van der Waals surface area contributed by atoms with Crippen LogP contribution in [0.4, 0.5) is 29.1 Å². The number of piperazine rings is 1. The van der Waals surface area contributed by atoms with E-state index in [1.807, 2.05) is 69.4 Å². The Morgan fingerprint density at radius 3 is 2.04 bits per heavy atom. The number of rotatable bonds is 10. The highest BCUT2D eigenvalue weighted by molar-refractivity contribution is 5.69. The lowest BCUT2D eigenvalue weighted by molar-refractivity contribution is 0.312. The van der Waals surface area contributed by atoms with Crippen LogP contribution < -0.4 is 15.5 Å². The molecule has 4 aromatic heterocycles. The summed E-state index contributed by atoms with van der Waals surface area (Å²) in [6, 6.07) is 16.1. The van der Waals surface area contributed by atoms with Crippen molar-refractivity contribution in [3.05, 3.63) is 108 Å². The number of aryl methyl sites for hydroxylation is 2. The van der Waals surface area contributed by atoms with E-state index in [1.54, 1.807) is 12.3 Å². The average Bonchev–Trinajstić information content (AvgIpc) is 3.68. The summed E-state index contributed by atoms with van der Waals surface area (Å²) in [5.74, 6) is 5.24. The minimum Gasteiger partial charge on any atom is -0.354 e. The first-order valence-electron chi connectivity index (χ1n) is 15.6. The van der Waals surface area contributed by atoms with Crippen molar-refractivity contribution in [2.75, 3.05) is 48.8 Å². The van der Waals surface area contributed by atoms with Gasteiger partial charge in [0, 0.05) is 62.0 Å². The highest BCUT2D eigenvalue weighted by atomic mass is 15.3. The summed E-state index contributed by atoms with van der Waals surface area (Å²) in [5.41, 5.74) is 4.36. The maximum absolute atomic E-state index is 4.82. The number of benzene rings is 1. The van der Waals surface area contributed by atoms with Crippen molar-refractivity contribution in [3.63, 3.8) is 0 Å². The van der Waals surface area contributed by atoms with E-state index >= 15 is 0 Å². The van der Waals surface area contributed by atoms with Gasteiger partial charge in [-0.25, -0.2) is 19.9 Å². The molecule has 47 heavy (non-hydrogen) atoms. The van der Waals surface area contributed by atoms with Crippen LogP contribution in [0, 0.1) is 13.8 Å². The van der Waals surface area contributed by atoms with E-state index < -0.39 is 0 Å². The molecule has 0 unspecified atom stereocenters. The molecule has 0 aliphatic carbocycles. The highest BCUT2D eigenvalue weighted by Gasteiger charge is 2.17. The third kappa shape index (κ3) is 9.93. The Morgan fingerprint density at radius 1 is 0.766 bits per heavy atom. The third-order valence-corrected chi connectivity index (χ3v) is 7.26. The van der Waals surface area contributed by atoms with Gasteiger partial charge in [-0.3, -0.25) is 10.2 Å². The standard InChI is InChI=1S/C24H29N7.C11H13N5/c1-4-5-19-6-8-20(9-7-19)10-11-21-25-22(26-23-16-18(2)28-29-23)17-24(27-21)31-14-12-30(3)13-15-31;1-3-4-9-12-6-5-10(13-9)14-11-7-8(2)15-16-11/h4,6-11,16-17H,1,5,12-15H2,2-3H3,(H2,25,26,27,28,29);3-7H,1-2H3,(H2,12,13,14,15,16)/b11-10+;4-3+. The molecule has 1 aliphatic rings. The van der Waals surface area contributed by atoms with Crippen LogP contribution in [0.5, 0.6) is 0 Å². The average molecular weight is 631 g/mol. The van der Waals surface area contributed by atoms with Crippen LogP contribution in [-0.4, -0.2) is 78.5 Å². The molecule has 0 radical (unpaired) electrons. The molecule has 6 rings (SSSR count). The van der Waals surface area contributed by atoms with Gasteiger partial charge in [0.05, 0.1) is 0 Å². The van der Waals surface area contributed by atoms with Gasteiger partial charge in [0.25, 0.3) is 0 Å². The number of hydrogen-bond acceptors (Lipinski definition) is 10. The maximum atomic E-state index is 4.82. The minimum absolute atomic E-state index is 0.668. The lowest BCUT2D eigenvalue weighted by Gasteiger charge is -2.33. The fraction of sp³-hybridized carbons (Fsp3) is 0.257. The zero-order chi connectivity index (χ0) is 33.0. The van der Waals surface area contributed by atoms with Gasteiger partial charge < -0.3 is 20.4 Å². The largest absolute Gasteiger partial charge is 0.354 e. The molecule has 12 heteroatoms. The van der Waals surface area contributed by atoms with Crippen LogP contribution >= 0.6 is 0 Å². The Bertz CT molecular complexity index is 1790. The van der Waals surface area contributed by atoms with E-state index in [2.05, 4.69) is 88.7 Å². The third-order valence-electron chi connectivity index (χ3n) is 7.26. The van der Waals surface area contributed by atoms with Crippen molar-refractivity contribution in [1.82, 2.24) is 45.2 Å². The molecule has 5 aromatic rings. The molecule has 1 aromatic carbocycles. The topological polar surface area (TPSA) is 139 Å². The Labute approximate surface area is 275 Å². The highest BCUT2D eigenvalue weighted by Crippen LogP contribution is 2.22. The molecule has 0 spiro atoms. The van der Waals surface area contributed by atoms with Crippen molar-refractivity contribution in [2.45, 2.75) is 27.2 Å². The summed E-state index contributed by atoms with van der Waals surface area (Å²) in [7, 11) is 2.15. The van der Waals surface area contributed by atoms with E-state index in [4.69, 9.17) is 9.97 Å². The summed E-state index contributed by atoms with van der Waals surface area (Å²) in [5, 5.41) is 20.5. The smallest absolute Gasteiger partial charge is 0.156 e. The second-order valence-corrected chi connectivity index (χ2v) is 11.3. The molecular formula is C35H42N12. The van der Waals surface area contributed by atoms with E-state index in [1.165, 1.54) is 5.56 Å². The van der Waals surface area contributed by atoms with Crippen molar-refractivity contribution in [1.29, 1.82) is 0 Å². The Hall–Kier alpha value is -5.62. The summed E-state index contributed by atoms with van der Waals surface area (Å²) >= 11 is 0. The van der Waals surface area contributed by atoms with Gasteiger partial charge in [-0.05, 0) is 63.6 Å². The van der Waals surface area contributed by atoms with Crippen LogP contribution in [0.25, 0.3) is 18.2 Å². The van der Waals surface area contributed by atoms with Gasteiger partial charge in [-0.1, -0.05) is 42.5 Å². The van der Waals surface area contributed by atoms with Gasteiger partial charge in [-0.15, -0.1) is 6.58 Å². The number of nitrogens with one attached hydrogen (secondary N) is 4. The molecule has 0 atom stereocenters. The molecule has 4 N–H and O–H groups in total. The predicted octanol–water partition coefficient (Wildman–Crippen LogP) is 6.19. The first kappa shape index (κ1) is 32.8. The van der Waals surface area contributed by atoms with Crippen LogP contribution in [0.1, 0.15) is 41.1 Å². The maximum Gasteiger partial charge on any atom is 0.156 e. The number of aromatic amines is 2. The van der Waals surface area contributed by atoms with Gasteiger partial charge in [-0.2, -0.15) is 10.2 Å². The van der Waals surface area contributed by atoms with E-state index in [9.17, 15) is 0 Å². The van der Waals surface area contributed by atoms with Crippen molar-refractivity contribution < 1.29 is 0 Å². The number of aromatic nitrogens is 8. The van der Waals surface area contributed by atoms with Crippen molar-refractivity contribution in [3.8, 4) is 0 Å². The first-order valence-corrected chi connectivity index (χ1v) is 15.6. The molecule has 0 saturated carbocycles. The van der Waals surface area contributed by atoms with Crippen molar-refractivity contribution in [2.24, 2.45) is 0 Å². The summed E-state index contributed by atoms with van der Waals surface area (Å²) in [6.45, 7) is 13.6. The number of likely N-dealkylation sites (N-methyl/N-ethyl adjacent to an activating group) is 1. The van der Waals surface area contributed by atoms with Crippen molar-refractivity contribution >= 4 is 47.3 Å². The van der Waals surface area contributed by atoms with Gasteiger partial charge in [0.1, 0.15) is 17.5 Å². The van der Waals surface area contributed by atoms with Crippen LogP contribution in [0.2, 0.25) is 0 Å². The number of hydrogen-bond donors (Lipinski definition) is 4. The predicted molar refractivity (Wildman–Crippen MR) is 191 cm³/mol. The van der Waals surface area contributed by atoms with E-state index in [0.717, 1.165) is 78.6 Å². The fourth-order valence-corrected chi connectivity index (χ4v) is 4.79. The summed E-state index contributed by atoms with van der Waals surface area (Å²) < 4.78 is 0. The van der Waals surface area contributed by atoms with Gasteiger partial charge >= 0.3 is 0 Å². The van der Waals surface area contributed by atoms with Gasteiger partial charge in [0.2, 0.25) is 0 Å². The minimum atomic E-state index is 0.668. The lowest BCUT2D eigenvalue weighted by Crippen LogP contribution is -2.44. The SMILES string of the molecule is C/C=C/c1nccc(Nc2cc(C)[nH]n2)n1.C=CCc1ccc(/C=C/c2nc(Nc3cc(C)[nH]n3)cc(N3CCN(C)CC3)n2)cc1. The molecule has 0 amide bonds. The summed E-state index contributed by atoms with van der Waals surface area (Å²) in [4.78, 5) is 22.6. The zero-order valence-electron chi connectivity index (χ0n) is 27.4. The number of allylic oxidation sites excluding steroid dienone is 2. The zero-order valence-corrected chi connectivity index (χ0v) is 27.4. The number of anilines is 5. The Morgan fingerprint density at radius 2 is 1.43 bits per heavy atom. The monoisotopic (exact) mass is 630 g/mol.